The molecule has 1 heterocycles. The second-order valence-corrected chi connectivity index (χ2v) is 5.37. The van der Waals surface area contributed by atoms with Crippen LogP contribution in [0.1, 0.15) is 5.56 Å². The first-order valence-corrected chi connectivity index (χ1v) is 7.44. The molecule has 0 aliphatic rings. The van der Waals surface area contributed by atoms with E-state index in [4.69, 9.17) is 9.47 Å². The summed E-state index contributed by atoms with van der Waals surface area (Å²) in [5, 5.41) is 3.27. The van der Waals surface area contributed by atoms with E-state index in [1.54, 1.807) is 7.11 Å². The first kappa shape index (κ1) is 15.2. The number of para-hydroxylation sites is 1. The van der Waals surface area contributed by atoms with E-state index in [-0.39, 0.29) is 0 Å². The third kappa shape index (κ3) is 4.73. The molecule has 0 bridgehead atoms. The Morgan fingerprint density at radius 2 is 2.05 bits per heavy atom. The first-order chi connectivity index (χ1) is 9.79. The molecular formula is C15H17IN2O2. The van der Waals surface area contributed by atoms with E-state index < -0.39 is 0 Å². The average molecular weight is 384 g/mol. The van der Waals surface area contributed by atoms with Crippen LogP contribution >= 0.6 is 22.6 Å². The zero-order valence-electron chi connectivity index (χ0n) is 11.3. The summed E-state index contributed by atoms with van der Waals surface area (Å²) in [5.74, 6) is 1.43. The lowest BCUT2D eigenvalue weighted by atomic mass is 10.3. The molecule has 1 N–H and O–H groups in total. The van der Waals surface area contributed by atoms with Crippen LogP contribution in [0.3, 0.4) is 0 Å². The first-order valence-electron chi connectivity index (χ1n) is 6.36. The van der Waals surface area contributed by atoms with Crippen molar-refractivity contribution < 1.29 is 9.47 Å². The normalized spacial score (nSPS) is 10.5. The van der Waals surface area contributed by atoms with Gasteiger partial charge in [0.05, 0.1) is 10.2 Å². The molecule has 0 saturated carbocycles. The van der Waals surface area contributed by atoms with Gasteiger partial charge in [-0.25, -0.2) is 4.98 Å². The van der Waals surface area contributed by atoms with Gasteiger partial charge in [-0.15, -0.1) is 0 Å². The minimum absolute atomic E-state index is 0.606. The number of aromatic nitrogens is 1. The van der Waals surface area contributed by atoms with Gasteiger partial charge < -0.3 is 14.8 Å². The molecular weight excluding hydrogens is 367 g/mol. The van der Waals surface area contributed by atoms with Crippen LogP contribution in [0, 0.1) is 3.57 Å². The Morgan fingerprint density at radius 3 is 2.75 bits per heavy atom. The predicted molar refractivity (Wildman–Crippen MR) is 87.1 cm³/mol. The Bertz CT molecular complexity index is 532. The van der Waals surface area contributed by atoms with Gasteiger partial charge in [0.25, 0.3) is 0 Å². The molecule has 0 radical (unpaired) electrons. The van der Waals surface area contributed by atoms with Gasteiger partial charge in [0.15, 0.2) is 0 Å². The number of methoxy groups -OCH3 is 1. The zero-order chi connectivity index (χ0) is 14.2. The lowest BCUT2D eigenvalue weighted by Crippen LogP contribution is -2.18. The fourth-order valence-electron chi connectivity index (χ4n) is 1.62. The lowest BCUT2D eigenvalue weighted by molar-refractivity contribution is 0.199. The molecule has 5 heteroatoms. The summed E-state index contributed by atoms with van der Waals surface area (Å²) in [7, 11) is 1.69. The number of hydrogen-bond acceptors (Lipinski definition) is 4. The molecule has 106 valence electrons. The summed E-state index contributed by atoms with van der Waals surface area (Å²) in [4.78, 5) is 4.32. The van der Waals surface area contributed by atoms with Gasteiger partial charge in [0.1, 0.15) is 5.75 Å². The van der Waals surface area contributed by atoms with Gasteiger partial charge in [0, 0.05) is 32.5 Å². The monoisotopic (exact) mass is 384 g/mol. The quantitative estimate of drug-likeness (QED) is 0.588. The maximum atomic E-state index is 5.75. The summed E-state index contributed by atoms with van der Waals surface area (Å²) in [5.41, 5.74) is 1.12. The van der Waals surface area contributed by atoms with Crippen LogP contribution in [0.15, 0.2) is 42.6 Å². The third-order valence-corrected chi connectivity index (χ3v) is 3.55. The van der Waals surface area contributed by atoms with Crippen molar-refractivity contribution in [2.24, 2.45) is 0 Å². The molecule has 4 nitrogen and oxygen atoms in total. The molecule has 0 atom stereocenters. The van der Waals surface area contributed by atoms with E-state index in [1.165, 1.54) is 0 Å². The Morgan fingerprint density at radius 1 is 1.20 bits per heavy atom. The van der Waals surface area contributed by atoms with Crippen LogP contribution in [0.25, 0.3) is 0 Å². The van der Waals surface area contributed by atoms with Crippen molar-refractivity contribution in [3.63, 3.8) is 0 Å². The smallest absolute Gasteiger partial charge is 0.219 e. The van der Waals surface area contributed by atoms with Crippen molar-refractivity contribution in [2.75, 3.05) is 20.3 Å². The van der Waals surface area contributed by atoms with Crippen LogP contribution < -0.4 is 10.1 Å². The fraction of sp³-hybridized carbons (Fsp3) is 0.267. The highest BCUT2D eigenvalue weighted by atomic mass is 127. The number of halogens is 1. The molecule has 0 unspecified atom stereocenters. The summed E-state index contributed by atoms with van der Waals surface area (Å²) in [6, 6.07) is 11.8. The topological polar surface area (TPSA) is 43.4 Å². The highest BCUT2D eigenvalue weighted by Crippen LogP contribution is 2.24. The summed E-state index contributed by atoms with van der Waals surface area (Å²) in [6.45, 7) is 2.32. The Hall–Kier alpha value is -1.18. The molecule has 1 aromatic heterocycles. The van der Waals surface area contributed by atoms with Crippen molar-refractivity contribution in [2.45, 2.75) is 6.54 Å². The third-order valence-electron chi connectivity index (χ3n) is 2.66. The van der Waals surface area contributed by atoms with Gasteiger partial charge in [-0.1, -0.05) is 18.2 Å². The number of benzene rings is 1. The maximum Gasteiger partial charge on any atom is 0.219 e. The van der Waals surface area contributed by atoms with Crippen molar-refractivity contribution in [1.29, 1.82) is 0 Å². The molecule has 0 amide bonds. The van der Waals surface area contributed by atoms with Gasteiger partial charge in [-0.3, -0.25) is 0 Å². The Balaban J connectivity index is 1.90. The second kappa shape index (κ2) is 8.18. The van der Waals surface area contributed by atoms with Gasteiger partial charge in [-0.05, 0) is 40.3 Å². The summed E-state index contributed by atoms with van der Waals surface area (Å²) >= 11 is 2.25. The highest BCUT2D eigenvalue weighted by molar-refractivity contribution is 14.1. The van der Waals surface area contributed by atoms with E-state index in [2.05, 4.69) is 32.9 Å². The van der Waals surface area contributed by atoms with E-state index in [0.29, 0.717) is 12.5 Å². The fourth-order valence-corrected chi connectivity index (χ4v) is 2.12. The standard InChI is InChI=1S/C15H17IN2O2/c1-19-9-8-17-10-12-6-7-15(18-11-12)20-14-5-3-2-4-13(14)16/h2-7,11,17H,8-10H2,1H3. The molecule has 1 aromatic carbocycles. The number of rotatable bonds is 7. The molecule has 2 rings (SSSR count). The maximum absolute atomic E-state index is 5.75. The van der Waals surface area contributed by atoms with Crippen LogP contribution in [-0.2, 0) is 11.3 Å². The number of nitrogens with one attached hydrogen (secondary N) is 1. The van der Waals surface area contributed by atoms with Gasteiger partial charge in [-0.2, -0.15) is 0 Å². The molecule has 0 aliphatic heterocycles. The molecule has 20 heavy (non-hydrogen) atoms. The number of nitrogens with zero attached hydrogens (tertiary/aromatic N) is 1. The van der Waals surface area contributed by atoms with E-state index in [9.17, 15) is 0 Å². The van der Waals surface area contributed by atoms with Crippen molar-refractivity contribution in [3.8, 4) is 11.6 Å². The molecule has 0 fully saturated rings. The van der Waals surface area contributed by atoms with E-state index >= 15 is 0 Å². The van der Waals surface area contributed by atoms with Crippen LogP contribution in [0.2, 0.25) is 0 Å². The largest absolute Gasteiger partial charge is 0.438 e. The number of pyridine rings is 1. The molecule has 0 aliphatic carbocycles. The predicted octanol–water partition coefficient (Wildman–Crippen LogP) is 3.21. The number of hydrogen-bond donors (Lipinski definition) is 1. The Labute approximate surface area is 132 Å². The lowest BCUT2D eigenvalue weighted by Gasteiger charge is -2.08. The van der Waals surface area contributed by atoms with E-state index in [0.717, 1.165) is 28.0 Å². The Kier molecular flexibility index (Phi) is 6.23. The molecule has 0 spiro atoms. The molecule has 2 aromatic rings. The van der Waals surface area contributed by atoms with Crippen LogP contribution in [0.4, 0.5) is 0 Å². The average Bonchev–Trinajstić information content (AvgIpc) is 2.48. The second-order valence-electron chi connectivity index (χ2n) is 4.21. The van der Waals surface area contributed by atoms with Crippen molar-refractivity contribution in [1.82, 2.24) is 10.3 Å². The minimum atomic E-state index is 0.606. The van der Waals surface area contributed by atoms with Crippen LogP contribution in [0.5, 0.6) is 11.6 Å². The van der Waals surface area contributed by atoms with Crippen molar-refractivity contribution in [3.05, 3.63) is 51.7 Å². The number of ether oxygens (including phenoxy) is 2. The van der Waals surface area contributed by atoms with Gasteiger partial charge >= 0.3 is 0 Å². The minimum Gasteiger partial charge on any atom is -0.438 e. The van der Waals surface area contributed by atoms with Crippen LogP contribution in [-0.4, -0.2) is 25.2 Å². The van der Waals surface area contributed by atoms with Gasteiger partial charge in [0.2, 0.25) is 5.88 Å². The summed E-state index contributed by atoms with van der Waals surface area (Å²) in [6.07, 6.45) is 1.82. The SMILES string of the molecule is COCCNCc1ccc(Oc2ccccc2I)nc1. The van der Waals surface area contributed by atoms with E-state index in [1.807, 2.05) is 42.6 Å². The van der Waals surface area contributed by atoms with Crippen molar-refractivity contribution >= 4 is 22.6 Å². The summed E-state index contributed by atoms with van der Waals surface area (Å²) < 4.78 is 11.8. The zero-order valence-corrected chi connectivity index (χ0v) is 13.5. The highest BCUT2D eigenvalue weighted by Gasteiger charge is 2.02. The molecule has 0 saturated heterocycles.